The SMILES string of the molecule is CCCS(=O)(=O)N1CCCC(c2nc(CCOc3cccc(C)c3)no2)C1. The summed E-state index contributed by atoms with van der Waals surface area (Å²) < 4.78 is 37.3. The zero-order valence-corrected chi connectivity index (χ0v) is 16.7. The number of benzene rings is 1. The van der Waals surface area contributed by atoms with E-state index in [4.69, 9.17) is 9.26 Å². The second kappa shape index (κ2) is 8.84. The molecule has 0 amide bonds. The van der Waals surface area contributed by atoms with Crippen molar-refractivity contribution >= 4 is 10.0 Å². The number of hydrogen-bond acceptors (Lipinski definition) is 6. The number of aromatic nitrogens is 2. The first-order valence-electron chi connectivity index (χ1n) is 9.47. The first-order chi connectivity index (χ1) is 13.0. The van der Waals surface area contributed by atoms with Gasteiger partial charge in [0, 0.05) is 19.5 Å². The Morgan fingerprint density at radius 3 is 3.00 bits per heavy atom. The van der Waals surface area contributed by atoms with Crippen molar-refractivity contribution in [1.29, 1.82) is 0 Å². The zero-order valence-electron chi connectivity index (χ0n) is 15.9. The van der Waals surface area contributed by atoms with Crippen LogP contribution in [0.25, 0.3) is 0 Å². The molecule has 0 bridgehead atoms. The lowest BCUT2D eigenvalue weighted by Crippen LogP contribution is -2.40. The average Bonchev–Trinajstić information content (AvgIpc) is 3.11. The molecule has 1 saturated heterocycles. The van der Waals surface area contributed by atoms with E-state index in [1.807, 2.05) is 38.1 Å². The van der Waals surface area contributed by atoms with Crippen LogP contribution in [0.2, 0.25) is 0 Å². The predicted octanol–water partition coefficient (Wildman–Crippen LogP) is 2.92. The summed E-state index contributed by atoms with van der Waals surface area (Å²) >= 11 is 0. The molecule has 1 aromatic heterocycles. The van der Waals surface area contributed by atoms with Crippen molar-refractivity contribution in [3.63, 3.8) is 0 Å². The number of piperidine rings is 1. The van der Waals surface area contributed by atoms with Crippen LogP contribution in [0.4, 0.5) is 0 Å². The summed E-state index contributed by atoms with van der Waals surface area (Å²) in [7, 11) is -3.19. The molecule has 3 rings (SSSR count). The van der Waals surface area contributed by atoms with Gasteiger partial charge in [0.05, 0.1) is 18.3 Å². The topological polar surface area (TPSA) is 85.5 Å². The van der Waals surface area contributed by atoms with Crippen molar-refractivity contribution in [2.24, 2.45) is 0 Å². The maximum Gasteiger partial charge on any atom is 0.231 e. The van der Waals surface area contributed by atoms with Crippen LogP contribution in [-0.4, -0.2) is 48.3 Å². The van der Waals surface area contributed by atoms with Crippen molar-refractivity contribution in [1.82, 2.24) is 14.4 Å². The highest BCUT2D eigenvalue weighted by atomic mass is 32.2. The van der Waals surface area contributed by atoms with Gasteiger partial charge >= 0.3 is 0 Å². The largest absolute Gasteiger partial charge is 0.493 e. The smallest absolute Gasteiger partial charge is 0.231 e. The highest BCUT2D eigenvalue weighted by molar-refractivity contribution is 7.89. The summed E-state index contributed by atoms with van der Waals surface area (Å²) in [5.41, 5.74) is 1.15. The number of sulfonamides is 1. The van der Waals surface area contributed by atoms with Crippen LogP contribution in [-0.2, 0) is 16.4 Å². The number of aryl methyl sites for hydroxylation is 1. The van der Waals surface area contributed by atoms with E-state index in [2.05, 4.69) is 10.1 Å². The van der Waals surface area contributed by atoms with E-state index in [9.17, 15) is 8.42 Å². The van der Waals surface area contributed by atoms with Gasteiger partial charge in [-0.05, 0) is 43.9 Å². The van der Waals surface area contributed by atoms with Gasteiger partial charge < -0.3 is 9.26 Å². The van der Waals surface area contributed by atoms with Crippen LogP contribution in [0, 0.1) is 6.92 Å². The van der Waals surface area contributed by atoms with Crippen molar-refractivity contribution in [2.45, 2.75) is 45.4 Å². The van der Waals surface area contributed by atoms with Gasteiger partial charge in [0.25, 0.3) is 0 Å². The Morgan fingerprint density at radius 2 is 2.22 bits per heavy atom. The van der Waals surface area contributed by atoms with Gasteiger partial charge in [0.1, 0.15) is 5.75 Å². The molecule has 27 heavy (non-hydrogen) atoms. The molecular weight excluding hydrogens is 366 g/mol. The first-order valence-corrected chi connectivity index (χ1v) is 11.1. The fourth-order valence-electron chi connectivity index (χ4n) is 3.28. The number of nitrogens with zero attached hydrogens (tertiary/aromatic N) is 3. The Bertz CT molecular complexity index is 850. The van der Waals surface area contributed by atoms with Crippen molar-refractivity contribution < 1.29 is 17.7 Å². The second-order valence-corrected chi connectivity index (χ2v) is 9.07. The van der Waals surface area contributed by atoms with Gasteiger partial charge in [0.15, 0.2) is 5.82 Å². The molecule has 1 aliphatic heterocycles. The molecule has 0 spiro atoms. The molecule has 1 aliphatic rings. The number of rotatable bonds is 8. The quantitative estimate of drug-likeness (QED) is 0.685. The van der Waals surface area contributed by atoms with Crippen molar-refractivity contribution in [3.05, 3.63) is 41.5 Å². The Morgan fingerprint density at radius 1 is 1.37 bits per heavy atom. The van der Waals surface area contributed by atoms with Gasteiger partial charge in [-0.1, -0.05) is 24.2 Å². The Labute approximate surface area is 160 Å². The zero-order chi connectivity index (χ0) is 19.3. The molecule has 0 aliphatic carbocycles. The highest BCUT2D eigenvalue weighted by Gasteiger charge is 2.31. The Hall–Kier alpha value is -1.93. The van der Waals surface area contributed by atoms with Crippen LogP contribution in [0.1, 0.15) is 49.4 Å². The number of ether oxygens (including phenoxy) is 1. The van der Waals surface area contributed by atoms with E-state index in [-0.39, 0.29) is 11.7 Å². The number of hydrogen-bond donors (Lipinski definition) is 0. The van der Waals surface area contributed by atoms with E-state index in [1.165, 1.54) is 0 Å². The minimum Gasteiger partial charge on any atom is -0.493 e. The fourth-order valence-corrected chi connectivity index (χ4v) is 4.87. The average molecular weight is 394 g/mol. The minimum absolute atomic E-state index is 0.0377. The normalized spacial score (nSPS) is 18.5. The molecule has 2 heterocycles. The second-order valence-electron chi connectivity index (χ2n) is 6.98. The molecule has 1 unspecified atom stereocenters. The summed E-state index contributed by atoms with van der Waals surface area (Å²) in [6.45, 7) is 5.35. The van der Waals surface area contributed by atoms with Gasteiger partial charge in [-0.3, -0.25) is 0 Å². The molecule has 0 saturated carbocycles. The van der Waals surface area contributed by atoms with Crippen molar-refractivity contribution in [3.8, 4) is 5.75 Å². The molecule has 0 N–H and O–H groups in total. The summed E-state index contributed by atoms with van der Waals surface area (Å²) in [5.74, 6) is 2.08. The van der Waals surface area contributed by atoms with Gasteiger partial charge in [-0.15, -0.1) is 0 Å². The van der Waals surface area contributed by atoms with E-state index < -0.39 is 10.0 Å². The summed E-state index contributed by atoms with van der Waals surface area (Å²) in [5, 5.41) is 4.03. The van der Waals surface area contributed by atoms with E-state index >= 15 is 0 Å². The monoisotopic (exact) mass is 393 g/mol. The lowest BCUT2D eigenvalue weighted by atomic mass is 10.00. The Kier molecular flexibility index (Phi) is 6.49. The molecule has 148 valence electrons. The third-order valence-electron chi connectivity index (χ3n) is 4.66. The maximum absolute atomic E-state index is 12.3. The fraction of sp³-hybridized carbons (Fsp3) is 0.579. The molecule has 0 radical (unpaired) electrons. The van der Waals surface area contributed by atoms with E-state index in [0.717, 1.165) is 24.2 Å². The van der Waals surface area contributed by atoms with Crippen LogP contribution in [0.15, 0.2) is 28.8 Å². The molecule has 1 atom stereocenters. The third-order valence-corrected chi connectivity index (χ3v) is 6.70. The standard InChI is InChI=1S/C19H27N3O4S/c1-3-12-27(23,24)22-10-5-7-16(14-22)19-20-18(21-26-19)9-11-25-17-8-4-6-15(2)13-17/h4,6,8,13,16H,3,5,7,9-12,14H2,1-2H3. The van der Waals surface area contributed by atoms with Crippen molar-refractivity contribution in [2.75, 3.05) is 25.4 Å². The van der Waals surface area contributed by atoms with Gasteiger partial charge in [-0.25, -0.2) is 12.7 Å². The predicted molar refractivity (Wildman–Crippen MR) is 102 cm³/mol. The molecule has 2 aromatic rings. The summed E-state index contributed by atoms with van der Waals surface area (Å²) in [4.78, 5) is 4.47. The molecular formula is C19H27N3O4S. The maximum atomic E-state index is 12.3. The van der Waals surface area contributed by atoms with Gasteiger partial charge in [-0.2, -0.15) is 4.98 Å². The lowest BCUT2D eigenvalue weighted by molar-refractivity contribution is 0.264. The first kappa shape index (κ1) is 19.8. The van der Waals surface area contributed by atoms with Crippen LogP contribution >= 0.6 is 0 Å². The van der Waals surface area contributed by atoms with Crippen LogP contribution < -0.4 is 4.74 Å². The third kappa shape index (κ3) is 5.29. The molecule has 1 fully saturated rings. The highest BCUT2D eigenvalue weighted by Crippen LogP contribution is 2.27. The van der Waals surface area contributed by atoms with E-state index in [0.29, 0.717) is 44.3 Å². The summed E-state index contributed by atoms with van der Waals surface area (Å²) in [6, 6.07) is 7.88. The van der Waals surface area contributed by atoms with Gasteiger partial charge in [0.2, 0.25) is 15.9 Å². The molecule has 1 aromatic carbocycles. The summed E-state index contributed by atoms with van der Waals surface area (Å²) in [6.07, 6.45) is 2.83. The lowest BCUT2D eigenvalue weighted by Gasteiger charge is -2.30. The molecule has 7 nitrogen and oxygen atoms in total. The Balaban J connectivity index is 1.55. The van der Waals surface area contributed by atoms with Crippen LogP contribution in [0.5, 0.6) is 5.75 Å². The minimum atomic E-state index is -3.19. The molecule has 8 heteroatoms. The van der Waals surface area contributed by atoms with E-state index in [1.54, 1.807) is 4.31 Å². The van der Waals surface area contributed by atoms with Crippen LogP contribution in [0.3, 0.4) is 0 Å².